The molecule has 0 fully saturated rings. The van der Waals surface area contributed by atoms with Gasteiger partial charge in [0.1, 0.15) is 0 Å². The van der Waals surface area contributed by atoms with Crippen LogP contribution in [0.5, 0.6) is 0 Å². The summed E-state index contributed by atoms with van der Waals surface area (Å²) in [6, 6.07) is 21.5. The summed E-state index contributed by atoms with van der Waals surface area (Å²) in [6.45, 7) is 2.17. The molecule has 0 atom stereocenters. The SMILES string of the molecule is CCCc1ccc(-c2cc(C(=O)NN=Cc3ccncc3)c3ccccc3n2)cc1. The van der Waals surface area contributed by atoms with Gasteiger partial charge in [-0.2, -0.15) is 5.10 Å². The minimum atomic E-state index is -0.275. The largest absolute Gasteiger partial charge is 0.272 e. The van der Waals surface area contributed by atoms with Crippen LogP contribution in [0.3, 0.4) is 0 Å². The van der Waals surface area contributed by atoms with E-state index in [1.165, 1.54) is 5.56 Å². The van der Waals surface area contributed by atoms with Crippen LogP contribution >= 0.6 is 0 Å². The Kier molecular flexibility index (Phi) is 5.90. The predicted molar refractivity (Wildman–Crippen MR) is 120 cm³/mol. The number of fused-ring (bicyclic) bond motifs is 1. The van der Waals surface area contributed by atoms with Gasteiger partial charge in [0.25, 0.3) is 5.91 Å². The molecule has 0 aliphatic heterocycles. The van der Waals surface area contributed by atoms with Crippen molar-refractivity contribution in [3.05, 3.63) is 95.8 Å². The van der Waals surface area contributed by atoms with Gasteiger partial charge in [0.05, 0.1) is 23.0 Å². The van der Waals surface area contributed by atoms with Gasteiger partial charge < -0.3 is 0 Å². The van der Waals surface area contributed by atoms with E-state index < -0.39 is 0 Å². The molecule has 4 rings (SSSR count). The van der Waals surface area contributed by atoms with E-state index in [9.17, 15) is 4.79 Å². The van der Waals surface area contributed by atoms with Crippen molar-refractivity contribution in [2.24, 2.45) is 5.10 Å². The van der Waals surface area contributed by atoms with E-state index in [0.717, 1.165) is 40.6 Å². The van der Waals surface area contributed by atoms with Crippen LogP contribution in [0.15, 0.2) is 84.2 Å². The first-order valence-corrected chi connectivity index (χ1v) is 9.97. The molecule has 1 N–H and O–H groups in total. The lowest BCUT2D eigenvalue weighted by Gasteiger charge is -2.09. The second-order valence-electron chi connectivity index (χ2n) is 7.00. The van der Waals surface area contributed by atoms with Crippen molar-refractivity contribution in [3.63, 3.8) is 0 Å². The number of aromatic nitrogens is 2. The fraction of sp³-hybridized carbons (Fsp3) is 0.120. The van der Waals surface area contributed by atoms with Crippen LogP contribution in [-0.2, 0) is 6.42 Å². The Balaban J connectivity index is 1.66. The molecule has 0 unspecified atom stereocenters. The summed E-state index contributed by atoms with van der Waals surface area (Å²) in [5.74, 6) is -0.275. The Hall–Kier alpha value is -3.86. The minimum Gasteiger partial charge on any atom is -0.267 e. The molecule has 2 aromatic heterocycles. The van der Waals surface area contributed by atoms with E-state index in [4.69, 9.17) is 4.98 Å². The number of hydrogen-bond donors (Lipinski definition) is 1. The number of pyridine rings is 2. The van der Waals surface area contributed by atoms with Crippen LogP contribution in [0, 0.1) is 0 Å². The van der Waals surface area contributed by atoms with Gasteiger partial charge in [-0.25, -0.2) is 10.4 Å². The molecular formula is C25H22N4O. The molecular weight excluding hydrogens is 372 g/mol. The zero-order valence-corrected chi connectivity index (χ0v) is 16.7. The van der Waals surface area contributed by atoms with Crippen LogP contribution in [0.1, 0.15) is 34.8 Å². The first-order chi connectivity index (χ1) is 14.7. The Morgan fingerprint density at radius 3 is 2.57 bits per heavy atom. The maximum atomic E-state index is 12.9. The van der Waals surface area contributed by atoms with Gasteiger partial charge >= 0.3 is 0 Å². The maximum Gasteiger partial charge on any atom is 0.272 e. The smallest absolute Gasteiger partial charge is 0.267 e. The summed E-state index contributed by atoms with van der Waals surface area (Å²) in [7, 11) is 0. The van der Waals surface area contributed by atoms with E-state index in [2.05, 4.69) is 46.7 Å². The Labute approximate surface area is 175 Å². The van der Waals surface area contributed by atoms with Crippen molar-refractivity contribution in [2.75, 3.05) is 0 Å². The molecule has 0 aliphatic rings. The second kappa shape index (κ2) is 9.09. The minimum absolute atomic E-state index is 0.275. The molecule has 1 amide bonds. The topological polar surface area (TPSA) is 67.2 Å². The number of para-hydroxylation sites is 1. The summed E-state index contributed by atoms with van der Waals surface area (Å²) in [5, 5.41) is 4.88. The van der Waals surface area contributed by atoms with E-state index in [-0.39, 0.29) is 5.91 Å². The number of benzene rings is 2. The monoisotopic (exact) mass is 394 g/mol. The highest BCUT2D eigenvalue weighted by molar-refractivity contribution is 6.07. The molecule has 5 nitrogen and oxygen atoms in total. The van der Waals surface area contributed by atoms with Crippen molar-refractivity contribution in [1.82, 2.24) is 15.4 Å². The summed E-state index contributed by atoms with van der Waals surface area (Å²) < 4.78 is 0. The molecule has 0 spiro atoms. The number of hydrogen-bond acceptors (Lipinski definition) is 4. The highest BCUT2D eigenvalue weighted by Gasteiger charge is 2.13. The van der Waals surface area contributed by atoms with Gasteiger partial charge in [-0.15, -0.1) is 0 Å². The van der Waals surface area contributed by atoms with E-state index in [0.29, 0.717) is 5.56 Å². The second-order valence-corrected chi connectivity index (χ2v) is 7.00. The average Bonchev–Trinajstić information content (AvgIpc) is 2.80. The van der Waals surface area contributed by atoms with Crippen LogP contribution in [0.25, 0.3) is 22.2 Å². The summed E-state index contributed by atoms with van der Waals surface area (Å²) >= 11 is 0. The van der Waals surface area contributed by atoms with Crippen LogP contribution < -0.4 is 5.43 Å². The average molecular weight is 394 g/mol. The number of aryl methyl sites for hydroxylation is 1. The third-order valence-corrected chi connectivity index (χ3v) is 4.84. The van der Waals surface area contributed by atoms with Crippen LogP contribution in [-0.4, -0.2) is 22.1 Å². The lowest BCUT2D eigenvalue weighted by Crippen LogP contribution is -2.18. The summed E-state index contributed by atoms with van der Waals surface area (Å²) in [4.78, 5) is 21.6. The zero-order chi connectivity index (χ0) is 20.8. The third-order valence-electron chi connectivity index (χ3n) is 4.84. The molecule has 30 heavy (non-hydrogen) atoms. The summed E-state index contributed by atoms with van der Waals surface area (Å²) in [5.41, 5.74) is 7.84. The van der Waals surface area contributed by atoms with E-state index in [1.807, 2.05) is 42.5 Å². The lowest BCUT2D eigenvalue weighted by atomic mass is 10.0. The Bertz CT molecular complexity index is 1180. The molecule has 5 heteroatoms. The number of rotatable bonds is 6. The van der Waals surface area contributed by atoms with Crippen molar-refractivity contribution < 1.29 is 4.79 Å². The van der Waals surface area contributed by atoms with Gasteiger partial charge in [-0.05, 0) is 41.8 Å². The number of carbonyl (C=O) groups is 1. The normalized spacial score (nSPS) is 11.1. The number of nitrogens with zero attached hydrogens (tertiary/aromatic N) is 3. The molecule has 0 bridgehead atoms. The van der Waals surface area contributed by atoms with Crippen molar-refractivity contribution in [2.45, 2.75) is 19.8 Å². The van der Waals surface area contributed by atoms with Crippen molar-refractivity contribution in [1.29, 1.82) is 0 Å². The number of carbonyl (C=O) groups excluding carboxylic acids is 1. The third kappa shape index (κ3) is 4.41. The number of nitrogens with one attached hydrogen (secondary N) is 1. The van der Waals surface area contributed by atoms with Crippen LogP contribution in [0.4, 0.5) is 0 Å². The summed E-state index contributed by atoms with van der Waals surface area (Å²) in [6.07, 6.45) is 7.11. The standard InChI is InChI=1S/C25H22N4O/c1-2-5-18-8-10-20(11-9-18)24-16-22(21-6-3-4-7-23(21)28-24)25(30)29-27-17-19-12-14-26-15-13-19/h3-4,6-17H,2,5H2,1H3,(H,29,30). The fourth-order valence-electron chi connectivity index (χ4n) is 3.32. The maximum absolute atomic E-state index is 12.9. The number of amides is 1. The number of hydrazone groups is 1. The Morgan fingerprint density at radius 1 is 1.03 bits per heavy atom. The molecule has 0 saturated carbocycles. The quantitative estimate of drug-likeness (QED) is 0.369. The Morgan fingerprint density at radius 2 is 1.80 bits per heavy atom. The van der Waals surface area contributed by atoms with Crippen molar-refractivity contribution >= 4 is 23.0 Å². The predicted octanol–water partition coefficient (Wildman–Crippen LogP) is 5.01. The van der Waals surface area contributed by atoms with Gasteiger partial charge in [-0.3, -0.25) is 9.78 Å². The van der Waals surface area contributed by atoms with Crippen molar-refractivity contribution in [3.8, 4) is 11.3 Å². The molecule has 148 valence electrons. The van der Waals surface area contributed by atoms with E-state index >= 15 is 0 Å². The van der Waals surface area contributed by atoms with Gasteiger partial charge in [-0.1, -0.05) is 55.8 Å². The molecule has 0 saturated heterocycles. The van der Waals surface area contributed by atoms with E-state index in [1.54, 1.807) is 18.6 Å². The first kappa shape index (κ1) is 19.5. The molecule has 2 aromatic carbocycles. The highest BCUT2D eigenvalue weighted by Crippen LogP contribution is 2.25. The fourth-order valence-corrected chi connectivity index (χ4v) is 3.32. The molecule has 2 heterocycles. The zero-order valence-electron chi connectivity index (χ0n) is 16.7. The van der Waals surface area contributed by atoms with Gasteiger partial charge in [0, 0.05) is 23.3 Å². The lowest BCUT2D eigenvalue weighted by molar-refractivity contribution is 0.0956. The van der Waals surface area contributed by atoms with Crippen LogP contribution in [0.2, 0.25) is 0 Å². The van der Waals surface area contributed by atoms with Gasteiger partial charge in [0.15, 0.2) is 0 Å². The molecule has 0 aliphatic carbocycles. The van der Waals surface area contributed by atoms with Gasteiger partial charge in [0.2, 0.25) is 0 Å². The highest BCUT2D eigenvalue weighted by atomic mass is 16.2. The first-order valence-electron chi connectivity index (χ1n) is 9.97. The molecule has 4 aromatic rings. The molecule has 0 radical (unpaired) electrons.